The first-order valence-corrected chi connectivity index (χ1v) is 19.1. The number of fused-ring (bicyclic) bond motifs is 2. The summed E-state index contributed by atoms with van der Waals surface area (Å²) in [5.41, 5.74) is 9.44. The molecule has 0 amide bonds. The van der Waals surface area contributed by atoms with Gasteiger partial charge in [0.25, 0.3) is 0 Å². The summed E-state index contributed by atoms with van der Waals surface area (Å²) in [5.74, 6) is 2.47. The van der Waals surface area contributed by atoms with Crippen LogP contribution in [0, 0.1) is 5.41 Å². The monoisotopic (exact) mass is 736 g/mol. The molecule has 284 valence electrons. The maximum atomic E-state index is 6.11. The second kappa shape index (κ2) is 14.8. The Hall–Kier alpha value is -5.77. The lowest BCUT2D eigenvalue weighted by molar-refractivity contribution is 0.362. The largest absolute Gasteiger partial charge is 0.436 e. The molecule has 3 N–H and O–H groups in total. The summed E-state index contributed by atoms with van der Waals surface area (Å²) < 4.78 is 12.2. The van der Waals surface area contributed by atoms with Gasteiger partial charge in [-0.15, -0.1) is 0 Å². The second-order valence-corrected chi connectivity index (χ2v) is 17.6. The van der Waals surface area contributed by atoms with Crippen LogP contribution >= 0.6 is 0 Å². The van der Waals surface area contributed by atoms with Crippen molar-refractivity contribution in [2.24, 2.45) is 5.41 Å². The molecule has 10 heteroatoms. The predicted octanol–water partition coefficient (Wildman–Crippen LogP) is 12.2. The van der Waals surface area contributed by atoms with Crippen molar-refractivity contribution in [2.75, 3.05) is 22.5 Å². The summed E-state index contributed by atoms with van der Waals surface area (Å²) in [7, 11) is 0. The van der Waals surface area contributed by atoms with Gasteiger partial charge in [0.1, 0.15) is 11.0 Å². The molecule has 0 spiro atoms. The maximum absolute atomic E-state index is 6.11. The van der Waals surface area contributed by atoms with E-state index in [1.54, 1.807) is 0 Å². The molecule has 0 fully saturated rings. The van der Waals surface area contributed by atoms with Crippen LogP contribution in [-0.2, 0) is 10.8 Å². The van der Waals surface area contributed by atoms with Crippen molar-refractivity contribution in [1.29, 1.82) is 0 Å². The van der Waals surface area contributed by atoms with E-state index in [4.69, 9.17) is 33.8 Å². The number of unbranched alkanes of at least 4 members (excludes halogenated alkanes) is 1. The van der Waals surface area contributed by atoms with Gasteiger partial charge in [-0.2, -0.15) is 15.0 Å². The summed E-state index contributed by atoms with van der Waals surface area (Å²) in [6.07, 6.45) is 3.28. The third-order valence-electron chi connectivity index (χ3n) is 9.56. The van der Waals surface area contributed by atoms with Gasteiger partial charge < -0.3 is 24.8 Å². The topological polar surface area (TPSA) is 127 Å². The summed E-state index contributed by atoms with van der Waals surface area (Å²) in [6, 6.07) is 28.2. The van der Waals surface area contributed by atoms with E-state index in [2.05, 4.69) is 103 Å². The van der Waals surface area contributed by atoms with Crippen LogP contribution in [0.25, 0.3) is 45.1 Å². The van der Waals surface area contributed by atoms with Crippen molar-refractivity contribution in [1.82, 2.24) is 24.9 Å². The Bertz CT molecular complexity index is 2250. The molecule has 55 heavy (non-hydrogen) atoms. The Kier molecular flexibility index (Phi) is 10.1. The van der Waals surface area contributed by atoms with Gasteiger partial charge in [-0.3, -0.25) is 0 Å². The number of hydrogen-bond acceptors (Lipinski definition) is 10. The van der Waals surface area contributed by atoms with Crippen LogP contribution in [0.1, 0.15) is 92.7 Å². The third kappa shape index (κ3) is 9.31. The minimum absolute atomic E-state index is 0.0303. The van der Waals surface area contributed by atoms with Crippen LogP contribution in [0.2, 0.25) is 0 Å². The molecule has 10 nitrogen and oxygen atoms in total. The van der Waals surface area contributed by atoms with Gasteiger partial charge in [-0.1, -0.05) is 80.9 Å². The van der Waals surface area contributed by atoms with Gasteiger partial charge in [0.2, 0.25) is 29.6 Å². The van der Waals surface area contributed by atoms with E-state index in [1.807, 2.05) is 60.7 Å². The fourth-order valence-electron chi connectivity index (χ4n) is 6.23. The molecule has 0 aliphatic carbocycles. The van der Waals surface area contributed by atoms with Crippen molar-refractivity contribution < 1.29 is 8.83 Å². The lowest BCUT2D eigenvalue weighted by Gasteiger charge is -2.18. The summed E-state index contributed by atoms with van der Waals surface area (Å²) in [4.78, 5) is 23.7. The van der Waals surface area contributed by atoms with E-state index in [-0.39, 0.29) is 10.8 Å². The summed E-state index contributed by atoms with van der Waals surface area (Å²) in [6.45, 7) is 20.7. The Balaban J connectivity index is 1.08. The fourth-order valence-corrected chi connectivity index (χ4v) is 6.23. The highest BCUT2D eigenvalue weighted by Gasteiger charge is 2.18. The quantitative estimate of drug-likeness (QED) is 0.110. The molecule has 7 aromatic rings. The first-order valence-electron chi connectivity index (χ1n) is 19.1. The zero-order valence-electron chi connectivity index (χ0n) is 33.5. The molecule has 4 aromatic carbocycles. The second-order valence-electron chi connectivity index (χ2n) is 17.6. The lowest BCUT2D eigenvalue weighted by atomic mass is 9.87. The molecule has 0 unspecified atom stereocenters. The van der Waals surface area contributed by atoms with Crippen LogP contribution in [0.5, 0.6) is 0 Å². The van der Waals surface area contributed by atoms with E-state index in [0.29, 0.717) is 35.0 Å². The lowest BCUT2D eigenvalue weighted by Crippen LogP contribution is -2.11. The molecule has 0 atom stereocenters. The summed E-state index contributed by atoms with van der Waals surface area (Å²) >= 11 is 0. The van der Waals surface area contributed by atoms with Crippen LogP contribution in [-0.4, -0.2) is 31.5 Å². The zero-order chi connectivity index (χ0) is 39.0. The van der Waals surface area contributed by atoms with E-state index < -0.39 is 0 Å². The SMILES string of the molecule is CC(C)(C)CCCCNc1nc(Nc2ccc(-c3nc4cc(C(C)(C)C)ccc4o3)cc2)nc(Nc2ccc(-c3nc4cc(C(C)(C)C)ccc4o3)cc2)n1. The number of nitrogens with zero attached hydrogens (tertiary/aromatic N) is 5. The van der Waals surface area contributed by atoms with Gasteiger partial charge in [0.15, 0.2) is 11.2 Å². The van der Waals surface area contributed by atoms with Crippen molar-refractivity contribution >= 4 is 51.4 Å². The van der Waals surface area contributed by atoms with Crippen LogP contribution in [0.15, 0.2) is 93.8 Å². The van der Waals surface area contributed by atoms with Gasteiger partial charge >= 0.3 is 0 Å². The van der Waals surface area contributed by atoms with Gasteiger partial charge in [0.05, 0.1) is 0 Å². The molecular weight excluding hydrogens is 685 g/mol. The Labute approximate surface area is 323 Å². The first-order chi connectivity index (χ1) is 26.1. The Morgan fingerprint density at radius 1 is 0.491 bits per heavy atom. The molecule has 0 saturated heterocycles. The average Bonchev–Trinajstić information content (AvgIpc) is 3.75. The van der Waals surface area contributed by atoms with E-state index in [0.717, 1.165) is 70.5 Å². The minimum atomic E-state index is 0.0303. The van der Waals surface area contributed by atoms with Crippen LogP contribution in [0.4, 0.5) is 29.2 Å². The third-order valence-corrected chi connectivity index (χ3v) is 9.56. The Morgan fingerprint density at radius 3 is 1.35 bits per heavy atom. The molecule has 3 aromatic heterocycles. The number of oxazole rings is 2. The number of rotatable bonds is 11. The molecular formula is C45H52N8O2. The number of nitrogens with one attached hydrogen (secondary N) is 3. The fraction of sp³-hybridized carbons (Fsp3) is 0.356. The van der Waals surface area contributed by atoms with Crippen LogP contribution < -0.4 is 16.0 Å². The number of benzene rings is 4. The number of hydrogen-bond donors (Lipinski definition) is 3. The summed E-state index contributed by atoms with van der Waals surface area (Å²) in [5, 5.41) is 10.1. The average molecular weight is 737 g/mol. The van der Waals surface area contributed by atoms with Crippen molar-refractivity contribution in [3.63, 3.8) is 0 Å². The van der Waals surface area contributed by atoms with E-state index in [1.165, 1.54) is 11.1 Å². The maximum Gasteiger partial charge on any atom is 0.233 e. The highest BCUT2D eigenvalue weighted by Crippen LogP contribution is 2.32. The van der Waals surface area contributed by atoms with Gasteiger partial charge in [-0.05, 0) is 113 Å². The van der Waals surface area contributed by atoms with Gasteiger partial charge in [-0.25, -0.2) is 9.97 Å². The molecule has 7 rings (SSSR count). The first kappa shape index (κ1) is 37.5. The standard InChI is InChI=1S/C45H52N8O2/c1-43(2,3)24-10-11-25-46-40-51-41(47-32-18-12-28(13-19-32)38-49-34-26-30(44(4,5)6)16-22-36(34)54-38)53-42(52-40)48-33-20-14-29(15-21-33)39-50-35-27-31(45(7,8)9)17-23-37(35)55-39/h12-23,26-27H,10-11,24-25H2,1-9H3,(H3,46,47,48,51,52,53). The van der Waals surface area contributed by atoms with E-state index in [9.17, 15) is 0 Å². The zero-order valence-corrected chi connectivity index (χ0v) is 33.5. The minimum Gasteiger partial charge on any atom is -0.436 e. The molecule has 0 aliphatic rings. The predicted molar refractivity (Wildman–Crippen MR) is 224 cm³/mol. The molecule has 0 aliphatic heterocycles. The Morgan fingerprint density at radius 2 is 0.927 bits per heavy atom. The van der Waals surface area contributed by atoms with Crippen molar-refractivity contribution in [3.8, 4) is 22.9 Å². The molecule has 0 saturated carbocycles. The highest BCUT2D eigenvalue weighted by atomic mass is 16.4. The van der Waals surface area contributed by atoms with Crippen LogP contribution in [0.3, 0.4) is 0 Å². The normalized spacial score (nSPS) is 12.4. The smallest absolute Gasteiger partial charge is 0.233 e. The molecule has 3 heterocycles. The van der Waals surface area contributed by atoms with E-state index >= 15 is 0 Å². The number of aromatic nitrogens is 5. The van der Waals surface area contributed by atoms with Gasteiger partial charge in [0, 0.05) is 29.0 Å². The number of anilines is 5. The van der Waals surface area contributed by atoms with Crippen molar-refractivity contribution in [2.45, 2.75) is 92.4 Å². The highest BCUT2D eigenvalue weighted by molar-refractivity contribution is 5.79. The molecule has 0 radical (unpaired) electrons. The molecule has 0 bridgehead atoms. The van der Waals surface area contributed by atoms with Crippen molar-refractivity contribution in [3.05, 3.63) is 96.1 Å².